The Kier molecular flexibility index (Phi) is 7.24. The Balaban J connectivity index is 1.55. The molecular weight excluding hydrogens is 354 g/mol. The molecule has 0 spiro atoms. The molecule has 2 aromatic rings. The number of rotatable bonds is 9. The van der Waals surface area contributed by atoms with E-state index in [-0.39, 0.29) is 6.10 Å². The minimum atomic E-state index is -0.515. The standard InChI is InChI=1S/C22H33N3O3/c1-16-8-5-6-10-22(16)25-18(3)21(17(2)23-25)13-24(4)12-19(26)14-27-15-20-9-7-11-28-20/h5-6,8,10,19-20,26H,7,9,11-15H2,1-4H3. The highest BCUT2D eigenvalue weighted by molar-refractivity contribution is 5.42. The number of ether oxygens (including phenoxy) is 2. The first-order chi connectivity index (χ1) is 13.5. The fourth-order valence-corrected chi connectivity index (χ4v) is 3.80. The molecule has 1 fully saturated rings. The summed E-state index contributed by atoms with van der Waals surface area (Å²) in [4.78, 5) is 2.12. The second-order valence-corrected chi connectivity index (χ2v) is 7.87. The lowest BCUT2D eigenvalue weighted by Crippen LogP contribution is -2.33. The molecule has 6 nitrogen and oxygen atoms in total. The lowest BCUT2D eigenvalue weighted by molar-refractivity contribution is -0.0239. The number of para-hydroxylation sites is 1. The van der Waals surface area contributed by atoms with E-state index in [1.54, 1.807) is 0 Å². The Labute approximate surface area is 168 Å². The second kappa shape index (κ2) is 9.65. The highest BCUT2D eigenvalue weighted by Crippen LogP contribution is 2.21. The maximum Gasteiger partial charge on any atom is 0.0900 e. The van der Waals surface area contributed by atoms with E-state index in [0.717, 1.165) is 43.1 Å². The molecule has 2 unspecified atom stereocenters. The molecule has 154 valence electrons. The van der Waals surface area contributed by atoms with Crippen molar-refractivity contribution in [2.45, 2.75) is 52.4 Å². The van der Waals surface area contributed by atoms with Gasteiger partial charge in [-0.2, -0.15) is 5.10 Å². The summed E-state index contributed by atoms with van der Waals surface area (Å²) in [5, 5.41) is 15.1. The smallest absolute Gasteiger partial charge is 0.0900 e. The highest BCUT2D eigenvalue weighted by atomic mass is 16.5. The number of nitrogens with zero attached hydrogens (tertiary/aromatic N) is 3. The molecule has 0 aliphatic carbocycles. The average Bonchev–Trinajstić information content (AvgIpc) is 3.26. The van der Waals surface area contributed by atoms with Gasteiger partial charge in [0.05, 0.1) is 36.8 Å². The van der Waals surface area contributed by atoms with Crippen molar-refractivity contribution in [1.29, 1.82) is 0 Å². The lowest BCUT2D eigenvalue weighted by Gasteiger charge is -2.21. The normalized spacial score (nSPS) is 18.1. The summed E-state index contributed by atoms with van der Waals surface area (Å²) in [6, 6.07) is 8.28. The van der Waals surface area contributed by atoms with Crippen molar-refractivity contribution in [3.05, 3.63) is 46.8 Å². The Morgan fingerprint density at radius 3 is 2.82 bits per heavy atom. The molecule has 1 saturated heterocycles. The number of hydrogen-bond donors (Lipinski definition) is 1. The Morgan fingerprint density at radius 2 is 2.11 bits per heavy atom. The summed E-state index contributed by atoms with van der Waals surface area (Å²) in [6.45, 7) is 9.29. The summed E-state index contributed by atoms with van der Waals surface area (Å²) >= 11 is 0. The van der Waals surface area contributed by atoms with Crippen LogP contribution in [0.25, 0.3) is 5.69 Å². The number of benzene rings is 1. The second-order valence-electron chi connectivity index (χ2n) is 7.87. The molecule has 0 bridgehead atoms. The third-order valence-electron chi connectivity index (χ3n) is 5.37. The van der Waals surface area contributed by atoms with Crippen molar-refractivity contribution in [2.75, 3.05) is 33.4 Å². The largest absolute Gasteiger partial charge is 0.389 e. The van der Waals surface area contributed by atoms with Crippen molar-refractivity contribution in [3.8, 4) is 5.69 Å². The van der Waals surface area contributed by atoms with Crippen molar-refractivity contribution in [3.63, 3.8) is 0 Å². The zero-order valence-electron chi connectivity index (χ0n) is 17.5. The van der Waals surface area contributed by atoms with E-state index in [1.807, 2.05) is 30.8 Å². The van der Waals surface area contributed by atoms with Crippen LogP contribution in [0.5, 0.6) is 0 Å². The number of aromatic nitrogens is 2. The first kappa shape index (κ1) is 21.0. The van der Waals surface area contributed by atoms with E-state index < -0.39 is 6.10 Å². The number of hydrogen-bond acceptors (Lipinski definition) is 5. The third-order valence-corrected chi connectivity index (χ3v) is 5.37. The van der Waals surface area contributed by atoms with Gasteiger partial charge in [-0.15, -0.1) is 0 Å². The monoisotopic (exact) mass is 387 g/mol. The van der Waals surface area contributed by atoms with E-state index in [9.17, 15) is 5.11 Å². The van der Waals surface area contributed by atoms with E-state index in [4.69, 9.17) is 14.6 Å². The van der Waals surface area contributed by atoms with Crippen molar-refractivity contribution in [2.24, 2.45) is 0 Å². The fourth-order valence-electron chi connectivity index (χ4n) is 3.80. The quantitative estimate of drug-likeness (QED) is 0.717. The molecule has 1 N–H and O–H groups in total. The van der Waals surface area contributed by atoms with Crippen LogP contribution in [-0.2, 0) is 16.0 Å². The van der Waals surface area contributed by atoms with Crippen LogP contribution in [0.3, 0.4) is 0 Å². The molecule has 0 saturated carbocycles. The van der Waals surface area contributed by atoms with Gasteiger partial charge in [0.25, 0.3) is 0 Å². The number of aliphatic hydroxyl groups is 1. The molecule has 1 aromatic heterocycles. The molecule has 1 aromatic carbocycles. The average molecular weight is 388 g/mol. The minimum Gasteiger partial charge on any atom is -0.389 e. The van der Waals surface area contributed by atoms with Gasteiger partial charge in [0.2, 0.25) is 0 Å². The molecule has 28 heavy (non-hydrogen) atoms. The van der Waals surface area contributed by atoms with Gasteiger partial charge in [0, 0.05) is 31.0 Å². The topological polar surface area (TPSA) is 59.8 Å². The van der Waals surface area contributed by atoms with Gasteiger partial charge in [0.1, 0.15) is 0 Å². The number of likely N-dealkylation sites (N-methyl/N-ethyl adjacent to an activating group) is 1. The van der Waals surface area contributed by atoms with Crippen LogP contribution in [0.15, 0.2) is 24.3 Å². The van der Waals surface area contributed by atoms with Gasteiger partial charge in [-0.05, 0) is 52.3 Å². The van der Waals surface area contributed by atoms with Crippen LogP contribution in [0.1, 0.15) is 35.4 Å². The fraction of sp³-hybridized carbons (Fsp3) is 0.591. The molecule has 1 aliphatic heterocycles. The van der Waals surface area contributed by atoms with Gasteiger partial charge in [-0.3, -0.25) is 4.90 Å². The number of aliphatic hydroxyl groups excluding tert-OH is 1. The van der Waals surface area contributed by atoms with Gasteiger partial charge in [-0.25, -0.2) is 4.68 Å². The molecular formula is C22H33N3O3. The summed E-state index contributed by atoms with van der Waals surface area (Å²) in [6.07, 6.45) is 1.84. The van der Waals surface area contributed by atoms with E-state index in [1.165, 1.54) is 11.1 Å². The predicted molar refractivity (Wildman–Crippen MR) is 110 cm³/mol. The summed E-state index contributed by atoms with van der Waals surface area (Å²) < 4.78 is 13.2. The molecule has 3 rings (SSSR count). The summed E-state index contributed by atoms with van der Waals surface area (Å²) in [5.74, 6) is 0. The summed E-state index contributed by atoms with van der Waals surface area (Å²) in [7, 11) is 2.02. The predicted octanol–water partition coefficient (Wildman–Crippen LogP) is 2.79. The van der Waals surface area contributed by atoms with Crippen LogP contribution in [-0.4, -0.2) is 65.4 Å². The maximum atomic E-state index is 10.3. The Bertz CT molecular complexity index is 768. The SMILES string of the molecule is Cc1ccccc1-n1nc(C)c(CN(C)CC(O)COCC2CCCO2)c1C. The number of aryl methyl sites for hydroxylation is 2. The molecule has 0 radical (unpaired) electrons. The Hall–Kier alpha value is -1.73. The van der Waals surface area contributed by atoms with Gasteiger partial charge < -0.3 is 14.6 Å². The van der Waals surface area contributed by atoms with E-state index in [2.05, 4.69) is 30.9 Å². The van der Waals surface area contributed by atoms with Crippen LogP contribution >= 0.6 is 0 Å². The molecule has 0 amide bonds. The van der Waals surface area contributed by atoms with Crippen LogP contribution in [0.4, 0.5) is 0 Å². The highest BCUT2D eigenvalue weighted by Gasteiger charge is 2.18. The van der Waals surface area contributed by atoms with Gasteiger partial charge >= 0.3 is 0 Å². The lowest BCUT2D eigenvalue weighted by atomic mass is 10.1. The first-order valence-electron chi connectivity index (χ1n) is 10.1. The van der Waals surface area contributed by atoms with E-state index in [0.29, 0.717) is 19.8 Å². The van der Waals surface area contributed by atoms with Crippen molar-refractivity contribution in [1.82, 2.24) is 14.7 Å². The molecule has 2 atom stereocenters. The van der Waals surface area contributed by atoms with E-state index >= 15 is 0 Å². The van der Waals surface area contributed by atoms with Gasteiger partial charge in [-0.1, -0.05) is 18.2 Å². The first-order valence-corrected chi connectivity index (χ1v) is 10.1. The van der Waals surface area contributed by atoms with Crippen LogP contribution in [0, 0.1) is 20.8 Å². The Morgan fingerprint density at radius 1 is 1.32 bits per heavy atom. The summed E-state index contributed by atoms with van der Waals surface area (Å²) in [5.41, 5.74) is 5.68. The van der Waals surface area contributed by atoms with Gasteiger partial charge in [0.15, 0.2) is 0 Å². The maximum absolute atomic E-state index is 10.3. The molecule has 6 heteroatoms. The minimum absolute atomic E-state index is 0.197. The zero-order valence-corrected chi connectivity index (χ0v) is 17.5. The van der Waals surface area contributed by atoms with Crippen molar-refractivity contribution < 1.29 is 14.6 Å². The molecule has 2 heterocycles. The van der Waals surface area contributed by atoms with Crippen molar-refractivity contribution >= 4 is 0 Å². The third kappa shape index (κ3) is 5.20. The van der Waals surface area contributed by atoms with Crippen LogP contribution in [0.2, 0.25) is 0 Å². The zero-order chi connectivity index (χ0) is 20.1. The molecule has 1 aliphatic rings. The van der Waals surface area contributed by atoms with Crippen LogP contribution < -0.4 is 0 Å².